The molecule has 0 atom stereocenters. The lowest BCUT2D eigenvalue weighted by atomic mass is 10.1. The summed E-state index contributed by atoms with van der Waals surface area (Å²) in [6.07, 6.45) is 3.28. The molecule has 1 saturated heterocycles. The Morgan fingerprint density at radius 2 is 1.92 bits per heavy atom. The molecule has 38 heavy (non-hydrogen) atoms. The van der Waals surface area contributed by atoms with Crippen LogP contribution in [0.5, 0.6) is 5.75 Å². The van der Waals surface area contributed by atoms with Crippen molar-refractivity contribution in [2.75, 3.05) is 55.4 Å². The van der Waals surface area contributed by atoms with Crippen LogP contribution in [0.4, 0.5) is 22.0 Å². The van der Waals surface area contributed by atoms with E-state index in [4.69, 9.17) is 21.6 Å². The van der Waals surface area contributed by atoms with Crippen molar-refractivity contribution >= 4 is 47.2 Å². The summed E-state index contributed by atoms with van der Waals surface area (Å²) in [5, 5.41) is 21.4. The number of halogens is 2. The Kier molecular flexibility index (Phi) is 10.9. The number of aromatic nitrogens is 2. The van der Waals surface area contributed by atoms with Gasteiger partial charge >= 0.3 is 6.03 Å². The zero-order valence-electron chi connectivity index (χ0n) is 21.0. The Labute approximate surface area is 233 Å². The fourth-order valence-corrected chi connectivity index (χ4v) is 4.24. The third kappa shape index (κ3) is 7.94. The second kappa shape index (κ2) is 14.4. The number of hydrogen-bond donors (Lipinski definition) is 4. The molecule has 4 N–H and O–H groups in total. The monoisotopic (exact) mass is 556 g/mol. The van der Waals surface area contributed by atoms with Crippen LogP contribution in [-0.2, 0) is 13.0 Å². The van der Waals surface area contributed by atoms with Gasteiger partial charge in [-0.25, -0.2) is 14.8 Å². The van der Waals surface area contributed by atoms with Crippen molar-refractivity contribution in [2.45, 2.75) is 13.0 Å². The summed E-state index contributed by atoms with van der Waals surface area (Å²) in [5.41, 5.74) is 3.97. The fourth-order valence-electron chi connectivity index (χ4n) is 3.98. The number of carbonyl (C=O) groups is 1. The van der Waals surface area contributed by atoms with Crippen LogP contribution in [0.15, 0.2) is 48.8 Å². The Balaban J connectivity index is 0.00000400. The summed E-state index contributed by atoms with van der Waals surface area (Å²) in [4.78, 5) is 22.6. The molecule has 1 aliphatic heterocycles. The molecule has 10 nitrogen and oxygen atoms in total. The van der Waals surface area contributed by atoms with Crippen molar-refractivity contribution in [1.29, 1.82) is 5.26 Å². The molecule has 0 radical (unpaired) electrons. The van der Waals surface area contributed by atoms with Crippen LogP contribution < -0.4 is 30.9 Å². The van der Waals surface area contributed by atoms with Crippen molar-refractivity contribution in [3.8, 4) is 11.8 Å². The van der Waals surface area contributed by atoms with E-state index in [0.29, 0.717) is 22.9 Å². The van der Waals surface area contributed by atoms with E-state index in [1.807, 2.05) is 12.1 Å². The van der Waals surface area contributed by atoms with Crippen LogP contribution in [0.25, 0.3) is 0 Å². The van der Waals surface area contributed by atoms with Crippen LogP contribution in [-0.4, -0.2) is 55.8 Å². The zero-order chi connectivity index (χ0) is 26.0. The maximum atomic E-state index is 12.4. The number of anilines is 3. The molecule has 1 fully saturated rings. The highest BCUT2D eigenvalue weighted by molar-refractivity contribution is 6.31. The Morgan fingerprint density at radius 3 is 2.58 bits per heavy atom. The van der Waals surface area contributed by atoms with Crippen LogP contribution in [0, 0.1) is 11.3 Å². The van der Waals surface area contributed by atoms with Crippen molar-refractivity contribution in [2.24, 2.45) is 0 Å². The van der Waals surface area contributed by atoms with Crippen LogP contribution in [0.1, 0.15) is 16.8 Å². The highest BCUT2D eigenvalue weighted by atomic mass is 35.5. The quantitative estimate of drug-likeness (QED) is 0.293. The first-order valence-electron chi connectivity index (χ1n) is 12.0. The van der Waals surface area contributed by atoms with Gasteiger partial charge < -0.3 is 25.6 Å². The highest BCUT2D eigenvalue weighted by Crippen LogP contribution is 2.31. The normalized spacial score (nSPS) is 12.7. The minimum atomic E-state index is -0.536. The lowest BCUT2D eigenvalue weighted by Gasteiger charge is -2.29. The number of carbonyl (C=O) groups excluding carboxylic acids is 1. The fraction of sp³-hybridized carbons (Fsp3) is 0.308. The van der Waals surface area contributed by atoms with E-state index in [1.54, 1.807) is 6.07 Å². The lowest BCUT2D eigenvalue weighted by molar-refractivity contribution is 0.262. The van der Waals surface area contributed by atoms with Gasteiger partial charge in [0.2, 0.25) is 0 Å². The van der Waals surface area contributed by atoms with E-state index >= 15 is 0 Å². The molecule has 0 saturated carbocycles. The van der Waals surface area contributed by atoms with Gasteiger partial charge in [-0.1, -0.05) is 23.7 Å². The molecule has 4 rings (SSSR count). The van der Waals surface area contributed by atoms with Gasteiger partial charge in [0.25, 0.3) is 0 Å². The largest absolute Gasteiger partial charge is 0.495 e. The Hall–Kier alpha value is -3.62. The Bertz CT molecular complexity index is 1240. The summed E-state index contributed by atoms with van der Waals surface area (Å²) < 4.78 is 5.47. The molecule has 12 heteroatoms. The third-order valence-corrected chi connectivity index (χ3v) is 6.30. The minimum absolute atomic E-state index is 0. The molecule has 1 aromatic heterocycles. The molecular weight excluding hydrogens is 527 g/mol. The molecule has 3 aromatic rings. The van der Waals surface area contributed by atoms with E-state index < -0.39 is 6.03 Å². The topological polar surface area (TPSA) is 127 Å². The van der Waals surface area contributed by atoms with E-state index in [2.05, 4.69) is 60.4 Å². The predicted molar refractivity (Wildman–Crippen MR) is 152 cm³/mol. The average molecular weight is 557 g/mol. The van der Waals surface area contributed by atoms with Gasteiger partial charge in [0.05, 0.1) is 25.2 Å². The number of piperazine rings is 1. The van der Waals surface area contributed by atoms with Crippen molar-refractivity contribution < 1.29 is 9.53 Å². The van der Waals surface area contributed by atoms with Crippen molar-refractivity contribution in [3.63, 3.8) is 0 Å². The lowest BCUT2D eigenvalue weighted by Crippen LogP contribution is -2.43. The van der Waals surface area contributed by atoms with E-state index in [-0.39, 0.29) is 23.9 Å². The number of rotatable bonds is 9. The van der Waals surface area contributed by atoms with Crippen molar-refractivity contribution in [3.05, 3.63) is 70.6 Å². The van der Waals surface area contributed by atoms with E-state index in [1.165, 1.54) is 30.8 Å². The zero-order valence-corrected chi connectivity index (χ0v) is 22.5. The summed E-state index contributed by atoms with van der Waals surface area (Å²) >= 11 is 6.51. The number of nitrogens with zero attached hydrogens (tertiary/aromatic N) is 4. The smallest absolute Gasteiger partial charge is 0.325 e. The molecule has 200 valence electrons. The van der Waals surface area contributed by atoms with Gasteiger partial charge in [0.15, 0.2) is 11.5 Å². The number of urea groups is 1. The Morgan fingerprint density at radius 1 is 1.16 bits per heavy atom. The summed E-state index contributed by atoms with van der Waals surface area (Å²) in [5.74, 6) is 0.701. The number of nitriles is 1. The van der Waals surface area contributed by atoms with Gasteiger partial charge in [-0.3, -0.25) is 5.32 Å². The predicted octanol–water partition coefficient (Wildman–Crippen LogP) is 3.82. The molecular formula is C26H30Cl2N8O2. The van der Waals surface area contributed by atoms with Gasteiger partial charge in [0, 0.05) is 43.4 Å². The summed E-state index contributed by atoms with van der Waals surface area (Å²) in [6, 6.07) is 13.5. The number of ether oxygens (including phenoxy) is 1. The first kappa shape index (κ1) is 28.9. The molecule has 1 aliphatic rings. The molecule has 0 aliphatic carbocycles. The molecule has 0 unspecified atom stereocenters. The maximum Gasteiger partial charge on any atom is 0.325 e. The standard InChI is InChI=1S/C26H29ClN8O2.ClH/c1-37-24-12-19(6-7-30-15-18-2-4-21(5-3-18)35-10-8-29-9-11-35)22(27)13-23(24)33-26(36)34-25-17-31-20(14-28)16-32-25;/h2-5,12-13,16-17,29-30H,6-11,15H2,1H3,(H2,32,33,34,36);1H. The van der Waals surface area contributed by atoms with Gasteiger partial charge in [0.1, 0.15) is 11.8 Å². The van der Waals surface area contributed by atoms with Crippen molar-refractivity contribution in [1.82, 2.24) is 20.6 Å². The van der Waals surface area contributed by atoms with Gasteiger partial charge in [-0.2, -0.15) is 5.26 Å². The third-order valence-electron chi connectivity index (χ3n) is 5.94. The maximum absolute atomic E-state index is 12.4. The first-order valence-corrected chi connectivity index (χ1v) is 12.4. The minimum Gasteiger partial charge on any atom is -0.495 e. The number of benzene rings is 2. The van der Waals surface area contributed by atoms with Crippen LogP contribution >= 0.6 is 24.0 Å². The first-order chi connectivity index (χ1) is 18.1. The number of methoxy groups -OCH3 is 1. The van der Waals surface area contributed by atoms with E-state index in [0.717, 1.165) is 44.8 Å². The molecule has 2 amide bonds. The highest BCUT2D eigenvalue weighted by Gasteiger charge is 2.13. The second-order valence-electron chi connectivity index (χ2n) is 8.45. The number of amides is 2. The SMILES string of the molecule is COc1cc(CCNCc2ccc(N3CCNCC3)cc2)c(Cl)cc1NC(=O)Nc1cnc(C#N)cn1.Cl. The van der Waals surface area contributed by atoms with Crippen LogP contribution in [0.3, 0.4) is 0 Å². The number of nitrogens with one attached hydrogen (secondary N) is 4. The van der Waals surface area contributed by atoms with E-state index in [9.17, 15) is 4.79 Å². The summed E-state index contributed by atoms with van der Waals surface area (Å²) in [6.45, 7) is 5.60. The molecule has 0 bridgehead atoms. The van der Waals surface area contributed by atoms with Gasteiger partial charge in [-0.15, -0.1) is 12.4 Å². The molecule has 2 aromatic carbocycles. The molecule has 2 heterocycles. The van der Waals surface area contributed by atoms with Crippen LogP contribution in [0.2, 0.25) is 5.02 Å². The van der Waals surface area contributed by atoms with Gasteiger partial charge in [-0.05, 0) is 48.4 Å². The number of hydrogen-bond acceptors (Lipinski definition) is 8. The average Bonchev–Trinajstić information content (AvgIpc) is 2.93. The second-order valence-corrected chi connectivity index (χ2v) is 8.86. The summed E-state index contributed by atoms with van der Waals surface area (Å²) in [7, 11) is 1.53. The molecule has 0 spiro atoms.